The first-order chi connectivity index (χ1) is 11.9. The summed E-state index contributed by atoms with van der Waals surface area (Å²) in [7, 11) is 5.16. The molecule has 2 aromatic rings. The van der Waals surface area contributed by atoms with E-state index >= 15 is 0 Å². The lowest BCUT2D eigenvalue weighted by Crippen LogP contribution is -2.39. The predicted octanol–water partition coefficient (Wildman–Crippen LogP) is 3.93. The quantitative estimate of drug-likeness (QED) is 0.756. The van der Waals surface area contributed by atoms with Crippen molar-refractivity contribution in [3.63, 3.8) is 0 Å². The molecule has 0 saturated carbocycles. The molecule has 0 heterocycles. The highest BCUT2D eigenvalue weighted by atomic mass is 79.9. The Bertz CT molecular complexity index is 736. The van der Waals surface area contributed by atoms with Crippen molar-refractivity contribution in [1.82, 2.24) is 4.90 Å². The number of hydrogen-bond donors (Lipinski definition) is 1. The maximum Gasteiger partial charge on any atom is 0.241 e. The van der Waals surface area contributed by atoms with E-state index in [2.05, 4.69) is 21.2 Å². The highest BCUT2D eigenvalue weighted by Crippen LogP contribution is 2.25. The molecule has 0 fully saturated rings. The van der Waals surface area contributed by atoms with E-state index in [1.165, 1.54) is 0 Å². The summed E-state index contributed by atoms with van der Waals surface area (Å²) in [6, 6.07) is 12.8. The van der Waals surface area contributed by atoms with E-state index in [0.717, 1.165) is 15.8 Å². The number of carbonyl (C=O) groups is 1. The minimum absolute atomic E-state index is 0.0790. The third kappa shape index (κ3) is 5.21. The summed E-state index contributed by atoms with van der Waals surface area (Å²) in [5, 5.41) is 2.92. The first kappa shape index (κ1) is 19.3. The van der Waals surface area contributed by atoms with Gasteiger partial charge in [0.1, 0.15) is 11.5 Å². The summed E-state index contributed by atoms with van der Waals surface area (Å²) in [6.07, 6.45) is 0. The molecule has 0 aliphatic heterocycles. The van der Waals surface area contributed by atoms with Crippen LogP contribution in [-0.4, -0.2) is 38.1 Å². The number of halogens is 1. The van der Waals surface area contributed by atoms with Crippen LogP contribution in [0.5, 0.6) is 11.5 Å². The van der Waals surface area contributed by atoms with Crippen LogP contribution in [0.1, 0.15) is 12.5 Å². The molecule has 0 spiro atoms. The predicted molar refractivity (Wildman–Crippen MR) is 103 cm³/mol. The fourth-order valence-corrected chi connectivity index (χ4v) is 2.83. The van der Waals surface area contributed by atoms with Crippen LogP contribution in [0.2, 0.25) is 0 Å². The van der Waals surface area contributed by atoms with Gasteiger partial charge in [0.2, 0.25) is 5.91 Å². The molecule has 0 aromatic heterocycles. The van der Waals surface area contributed by atoms with E-state index in [1.807, 2.05) is 55.3 Å². The Morgan fingerprint density at radius 1 is 1.20 bits per heavy atom. The second kappa shape index (κ2) is 8.87. The van der Waals surface area contributed by atoms with Crippen LogP contribution in [0.15, 0.2) is 46.9 Å². The summed E-state index contributed by atoms with van der Waals surface area (Å²) < 4.78 is 11.6. The number of rotatable bonds is 7. The van der Waals surface area contributed by atoms with Gasteiger partial charge in [0.25, 0.3) is 0 Å². The summed E-state index contributed by atoms with van der Waals surface area (Å²) in [6.45, 7) is 2.47. The zero-order valence-corrected chi connectivity index (χ0v) is 16.5. The lowest BCUT2D eigenvalue weighted by Gasteiger charge is -2.25. The van der Waals surface area contributed by atoms with Crippen LogP contribution in [0.3, 0.4) is 0 Å². The lowest BCUT2D eigenvalue weighted by molar-refractivity contribution is -0.120. The second-order valence-corrected chi connectivity index (χ2v) is 6.68. The first-order valence-corrected chi connectivity index (χ1v) is 8.71. The summed E-state index contributed by atoms with van der Waals surface area (Å²) in [4.78, 5) is 14.5. The van der Waals surface area contributed by atoms with Crippen LogP contribution < -0.4 is 14.8 Å². The maximum absolute atomic E-state index is 12.5. The van der Waals surface area contributed by atoms with Gasteiger partial charge >= 0.3 is 0 Å². The number of anilines is 1. The number of amides is 1. The summed E-state index contributed by atoms with van der Waals surface area (Å²) in [5.41, 5.74) is 1.73. The Labute approximate surface area is 157 Å². The van der Waals surface area contributed by atoms with E-state index in [9.17, 15) is 4.79 Å². The number of ether oxygens (including phenoxy) is 2. The Morgan fingerprint density at radius 2 is 1.96 bits per heavy atom. The number of methoxy groups -OCH3 is 2. The largest absolute Gasteiger partial charge is 0.497 e. The Balaban J connectivity index is 2.04. The maximum atomic E-state index is 12.5. The third-order valence-corrected chi connectivity index (χ3v) is 4.53. The highest BCUT2D eigenvalue weighted by molar-refractivity contribution is 9.10. The van der Waals surface area contributed by atoms with E-state index in [0.29, 0.717) is 18.0 Å². The monoisotopic (exact) mass is 406 g/mol. The van der Waals surface area contributed by atoms with E-state index in [-0.39, 0.29) is 11.9 Å². The molecule has 5 nitrogen and oxygen atoms in total. The molecule has 2 aromatic carbocycles. The van der Waals surface area contributed by atoms with Crippen molar-refractivity contribution in [2.75, 3.05) is 26.6 Å². The van der Waals surface area contributed by atoms with Crippen molar-refractivity contribution >= 4 is 27.5 Å². The fourth-order valence-electron chi connectivity index (χ4n) is 2.42. The van der Waals surface area contributed by atoms with Crippen LogP contribution >= 0.6 is 15.9 Å². The molecule has 0 aliphatic rings. The topological polar surface area (TPSA) is 50.8 Å². The van der Waals surface area contributed by atoms with E-state index in [4.69, 9.17) is 9.47 Å². The number of carbonyl (C=O) groups excluding carboxylic acids is 1. The van der Waals surface area contributed by atoms with Gasteiger partial charge in [-0.1, -0.05) is 22.0 Å². The van der Waals surface area contributed by atoms with E-state index in [1.54, 1.807) is 20.3 Å². The fraction of sp³-hybridized carbons (Fsp3) is 0.316. The average molecular weight is 407 g/mol. The number of hydrogen-bond acceptors (Lipinski definition) is 4. The molecule has 25 heavy (non-hydrogen) atoms. The smallest absolute Gasteiger partial charge is 0.241 e. The molecule has 0 saturated heterocycles. The van der Waals surface area contributed by atoms with Gasteiger partial charge in [0.15, 0.2) is 0 Å². The van der Waals surface area contributed by atoms with Crippen molar-refractivity contribution in [3.05, 3.63) is 52.5 Å². The zero-order valence-electron chi connectivity index (χ0n) is 14.9. The van der Waals surface area contributed by atoms with Gasteiger partial charge in [-0.25, -0.2) is 0 Å². The molecule has 1 atom stereocenters. The Morgan fingerprint density at radius 3 is 2.64 bits per heavy atom. The van der Waals surface area contributed by atoms with Crippen molar-refractivity contribution < 1.29 is 14.3 Å². The van der Waals surface area contributed by atoms with Gasteiger partial charge in [0.05, 0.1) is 20.3 Å². The molecule has 1 N–H and O–H groups in total. The van der Waals surface area contributed by atoms with Crippen molar-refractivity contribution in [1.29, 1.82) is 0 Å². The van der Waals surface area contributed by atoms with Crippen LogP contribution in [0.4, 0.5) is 5.69 Å². The van der Waals surface area contributed by atoms with Gasteiger partial charge in [-0.05, 0) is 44.3 Å². The third-order valence-electron chi connectivity index (χ3n) is 4.04. The normalized spacial score (nSPS) is 11.9. The lowest BCUT2D eigenvalue weighted by atomic mass is 10.1. The van der Waals surface area contributed by atoms with Crippen LogP contribution in [0.25, 0.3) is 0 Å². The number of nitrogens with zero attached hydrogens (tertiary/aromatic N) is 1. The molecule has 1 amide bonds. The second-order valence-electron chi connectivity index (χ2n) is 5.77. The number of benzene rings is 2. The molecule has 0 bridgehead atoms. The van der Waals surface area contributed by atoms with Crippen molar-refractivity contribution in [3.8, 4) is 11.5 Å². The van der Waals surface area contributed by atoms with Crippen molar-refractivity contribution in [2.24, 2.45) is 0 Å². The van der Waals surface area contributed by atoms with Crippen LogP contribution in [0, 0.1) is 0 Å². The standard InChI is InChI=1S/C19H23BrN2O3/c1-13(19(23)21-16-6-5-7-17(11-16)24-3)22(2)12-14-10-15(20)8-9-18(14)25-4/h5-11,13H,12H2,1-4H3,(H,21,23)/t13-/m1/s1. The molecule has 134 valence electrons. The molecular formula is C19H23BrN2O3. The SMILES string of the molecule is COc1cccc(NC(=O)[C@@H](C)N(C)Cc2cc(Br)ccc2OC)c1. The summed E-state index contributed by atoms with van der Waals surface area (Å²) >= 11 is 3.47. The minimum atomic E-state index is -0.310. The van der Waals surface area contributed by atoms with Gasteiger partial charge in [-0.3, -0.25) is 9.69 Å². The number of likely N-dealkylation sites (N-methyl/N-ethyl adjacent to an activating group) is 1. The highest BCUT2D eigenvalue weighted by Gasteiger charge is 2.19. The summed E-state index contributed by atoms with van der Waals surface area (Å²) in [5.74, 6) is 1.43. The first-order valence-electron chi connectivity index (χ1n) is 7.92. The molecule has 2 rings (SSSR count). The van der Waals surface area contributed by atoms with E-state index < -0.39 is 0 Å². The van der Waals surface area contributed by atoms with Gasteiger partial charge < -0.3 is 14.8 Å². The molecule has 6 heteroatoms. The molecule has 0 unspecified atom stereocenters. The Hall–Kier alpha value is -2.05. The zero-order chi connectivity index (χ0) is 18.4. The minimum Gasteiger partial charge on any atom is -0.497 e. The molecular weight excluding hydrogens is 384 g/mol. The molecule has 0 aliphatic carbocycles. The van der Waals surface area contributed by atoms with Gasteiger partial charge in [-0.15, -0.1) is 0 Å². The van der Waals surface area contributed by atoms with Crippen LogP contribution in [-0.2, 0) is 11.3 Å². The van der Waals surface area contributed by atoms with Crippen molar-refractivity contribution in [2.45, 2.75) is 19.5 Å². The average Bonchev–Trinajstić information content (AvgIpc) is 2.61. The molecule has 0 radical (unpaired) electrons. The Kier molecular flexibility index (Phi) is 6.84. The number of nitrogens with one attached hydrogen (secondary N) is 1. The van der Waals surface area contributed by atoms with Gasteiger partial charge in [0, 0.05) is 28.3 Å². The van der Waals surface area contributed by atoms with Gasteiger partial charge in [-0.2, -0.15) is 0 Å².